The van der Waals surface area contributed by atoms with Gasteiger partial charge < -0.3 is 38.1 Å². The van der Waals surface area contributed by atoms with Gasteiger partial charge >= 0.3 is 22.5 Å². The van der Waals surface area contributed by atoms with Gasteiger partial charge in [0, 0.05) is 11.8 Å². The summed E-state index contributed by atoms with van der Waals surface area (Å²) in [5.41, 5.74) is -8.45. The van der Waals surface area contributed by atoms with Gasteiger partial charge in [0.1, 0.15) is 45.3 Å². The summed E-state index contributed by atoms with van der Waals surface area (Å²) < 4.78 is 22.3. The average Bonchev–Trinajstić information content (AvgIpc) is 3.42. The van der Waals surface area contributed by atoms with Gasteiger partial charge in [-0.25, -0.2) is 19.2 Å². The van der Waals surface area contributed by atoms with Crippen molar-refractivity contribution in [1.82, 2.24) is 0 Å². The van der Waals surface area contributed by atoms with E-state index in [0.29, 0.717) is 25.7 Å². The van der Waals surface area contributed by atoms with Crippen LogP contribution in [-0.4, -0.2) is 20.4 Å². The highest BCUT2D eigenvalue weighted by molar-refractivity contribution is 5.70. The molecule has 4 aromatic heterocycles. The van der Waals surface area contributed by atoms with E-state index < -0.39 is 79.6 Å². The van der Waals surface area contributed by atoms with Gasteiger partial charge in [0.15, 0.2) is 0 Å². The number of rotatable bonds is 9. The van der Waals surface area contributed by atoms with Crippen LogP contribution in [0.5, 0.6) is 23.0 Å². The first-order valence-electron chi connectivity index (χ1n) is 19.3. The zero-order chi connectivity index (χ0) is 43.6. The Morgan fingerprint density at radius 1 is 0.517 bits per heavy atom. The molecule has 0 aliphatic heterocycles. The summed E-state index contributed by atoms with van der Waals surface area (Å²) in [4.78, 5) is 56.4. The Hall–Kier alpha value is -6.56. The number of fused-ring (bicyclic) bond motifs is 2. The van der Waals surface area contributed by atoms with Crippen molar-refractivity contribution in [3.63, 3.8) is 0 Å². The van der Waals surface area contributed by atoms with Crippen molar-refractivity contribution >= 4 is 48.6 Å². The van der Waals surface area contributed by atoms with Crippen molar-refractivity contribution in [2.24, 2.45) is 5.92 Å². The zero-order valence-electron chi connectivity index (χ0n) is 34.1. The van der Waals surface area contributed by atoms with E-state index >= 15 is 0 Å². The van der Waals surface area contributed by atoms with Crippen LogP contribution in [0.1, 0.15) is 131 Å². The fraction of sp³-hybridized carbons (Fsp3) is 0.304. The minimum absolute atomic E-state index is 0.0103. The largest absolute Gasteiger partial charge is 0.507 e. The molecule has 0 spiro atoms. The predicted molar refractivity (Wildman–Crippen MR) is 229 cm³/mol. The lowest BCUT2D eigenvalue weighted by Gasteiger charge is -2.28. The van der Waals surface area contributed by atoms with E-state index in [-0.39, 0.29) is 49.8 Å². The van der Waals surface area contributed by atoms with Crippen molar-refractivity contribution in [2.45, 2.75) is 86.0 Å². The first-order valence-corrected chi connectivity index (χ1v) is 19.3. The van der Waals surface area contributed by atoms with Crippen LogP contribution in [0.3, 0.4) is 0 Å². The lowest BCUT2D eigenvalue weighted by molar-refractivity contribution is 0.368. The molecule has 58 heavy (non-hydrogen) atoms. The Morgan fingerprint density at radius 3 is 1.28 bits per heavy atom. The molecule has 3 atom stereocenters. The number of hydrogen-bond acceptors (Lipinski definition) is 12. The molecule has 308 valence electrons. The van der Waals surface area contributed by atoms with Gasteiger partial charge in [-0.05, 0) is 55.9 Å². The molecule has 0 amide bonds. The molecule has 4 aromatic rings. The molecule has 4 heterocycles. The monoisotopic (exact) mass is 796 g/mol. The third-order valence-corrected chi connectivity index (χ3v) is 9.42. The molecule has 0 aromatic carbocycles. The van der Waals surface area contributed by atoms with Gasteiger partial charge in [0.05, 0.1) is 43.8 Å². The van der Waals surface area contributed by atoms with Gasteiger partial charge in [-0.2, -0.15) is 0 Å². The highest BCUT2D eigenvalue weighted by atomic mass is 16.4. The Kier molecular flexibility index (Phi) is 15.8. The third-order valence-electron chi connectivity index (χ3n) is 9.42. The average molecular weight is 797 g/mol. The zero-order valence-corrected chi connectivity index (χ0v) is 34.1. The van der Waals surface area contributed by atoms with Crippen molar-refractivity contribution in [1.29, 1.82) is 0 Å². The molecule has 2 aliphatic carbocycles. The minimum Gasteiger partial charge on any atom is -0.507 e. The van der Waals surface area contributed by atoms with E-state index in [1.165, 1.54) is 0 Å². The molecule has 3 unspecified atom stereocenters. The van der Waals surface area contributed by atoms with E-state index in [9.17, 15) is 39.6 Å². The SMILES string of the molecule is C=Cc1oc(=O)c(C(c2c(O)c3c(oc2=O)=CCCC=3)C(c2c(O)c(C=C)c(C=C)oc2=O)c2c(O)c3c(oc2=O)=CCC(C)CC=3)c(O)c1C=C.CC.CC.CC. The summed E-state index contributed by atoms with van der Waals surface area (Å²) in [6, 6.07) is 0. The minimum atomic E-state index is -2.13. The summed E-state index contributed by atoms with van der Waals surface area (Å²) in [5.74, 6) is -7.77. The van der Waals surface area contributed by atoms with Crippen molar-refractivity contribution < 1.29 is 38.1 Å². The van der Waals surface area contributed by atoms with Crippen LogP contribution in [-0.2, 0) is 0 Å². The van der Waals surface area contributed by atoms with Crippen LogP contribution in [0.15, 0.2) is 63.2 Å². The Balaban J connectivity index is 0.00000143. The normalized spacial score (nSPS) is 14.6. The number of hydrogen-bond donors (Lipinski definition) is 4. The van der Waals surface area contributed by atoms with Crippen LogP contribution < -0.4 is 43.8 Å². The first kappa shape index (κ1) is 45.8. The Labute approximate surface area is 335 Å². The second-order valence-corrected chi connectivity index (χ2v) is 12.5. The maximum atomic E-state index is 14.2. The lowest BCUT2D eigenvalue weighted by atomic mass is 9.73. The summed E-state index contributed by atoms with van der Waals surface area (Å²) >= 11 is 0. The van der Waals surface area contributed by atoms with Crippen LogP contribution in [0.4, 0.5) is 0 Å². The third kappa shape index (κ3) is 8.27. The Morgan fingerprint density at radius 2 is 0.862 bits per heavy atom. The van der Waals surface area contributed by atoms with E-state index in [2.05, 4.69) is 26.3 Å². The predicted octanol–water partition coefficient (Wildman–Crippen LogP) is 6.28. The molecule has 0 saturated carbocycles. The smallest absolute Gasteiger partial charge is 0.343 e. The van der Waals surface area contributed by atoms with E-state index in [0.717, 1.165) is 24.3 Å². The first-order chi connectivity index (χ1) is 27.9. The molecule has 2 aliphatic rings. The van der Waals surface area contributed by atoms with Gasteiger partial charge in [-0.15, -0.1) is 0 Å². The van der Waals surface area contributed by atoms with E-state index in [1.54, 1.807) is 24.3 Å². The second kappa shape index (κ2) is 20.0. The molecule has 4 N–H and O–H groups in total. The van der Waals surface area contributed by atoms with Crippen LogP contribution in [0, 0.1) is 5.92 Å². The highest BCUT2D eigenvalue weighted by Gasteiger charge is 2.44. The molecule has 0 bridgehead atoms. The summed E-state index contributed by atoms with van der Waals surface area (Å²) in [5, 5.41) is 47.7. The second-order valence-electron chi connectivity index (χ2n) is 12.5. The maximum absolute atomic E-state index is 14.2. The number of aromatic hydroxyl groups is 4. The topological polar surface area (TPSA) is 202 Å². The quantitative estimate of drug-likeness (QED) is 0.148. The Bertz CT molecular complexity index is 2720. The highest BCUT2D eigenvalue weighted by Crippen LogP contribution is 2.49. The molecule has 0 fully saturated rings. The molecular weight excluding hydrogens is 744 g/mol. The summed E-state index contributed by atoms with van der Waals surface area (Å²) in [6.07, 6.45) is 12.7. The van der Waals surface area contributed by atoms with Crippen LogP contribution >= 0.6 is 0 Å². The van der Waals surface area contributed by atoms with Crippen molar-refractivity contribution in [3.05, 3.63) is 134 Å². The molecule has 12 nitrogen and oxygen atoms in total. The molecule has 0 radical (unpaired) electrons. The lowest BCUT2D eigenvalue weighted by Crippen LogP contribution is -2.39. The fourth-order valence-electron chi connectivity index (χ4n) is 6.89. The van der Waals surface area contributed by atoms with Gasteiger partial charge in [0.2, 0.25) is 0 Å². The summed E-state index contributed by atoms with van der Waals surface area (Å²) in [6.45, 7) is 28.5. The summed E-state index contributed by atoms with van der Waals surface area (Å²) in [7, 11) is 0. The molecule has 0 saturated heterocycles. The molecule has 12 heteroatoms. The van der Waals surface area contributed by atoms with Gasteiger partial charge in [-0.1, -0.05) is 99.1 Å². The van der Waals surface area contributed by atoms with Crippen molar-refractivity contribution in [3.8, 4) is 23.0 Å². The molecule has 6 rings (SSSR count). The fourth-order valence-corrected chi connectivity index (χ4v) is 6.89. The molecular formula is C46H52O12. The maximum Gasteiger partial charge on any atom is 0.343 e. The van der Waals surface area contributed by atoms with Gasteiger partial charge in [0.25, 0.3) is 0 Å². The van der Waals surface area contributed by atoms with E-state index in [1.807, 2.05) is 48.5 Å². The van der Waals surface area contributed by atoms with Gasteiger partial charge in [-0.3, -0.25) is 0 Å². The standard InChI is InChI=1S/C40H34O12.3C2H6/c1-6-19-23(8-3)49-37(45)29(33(19)41)27(31-35(43)21-12-10-11-13-25(21)51-39(31)47)28(30-34(42)20(7-2)24(9-4)50-38(30)46)32-36(44)22-16-14-18(5)15-17-26(22)52-40(32)48;3*1-2/h6-9,12-13,16-18,27-28,41-44H,1-4,10-11,14-15H2,5H3;3*1-2H3. The van der Waals surface area contributed by atoms with Crippen LogP contribution in [0.2, 0.25) is 0 Å². The van der Waals surface area contributed by atoms with Crippen LogP contribution in [0.25, 0.3) is 48.6 Å². The van der Waals surface area contributed by atoms with Crippen molar-refractivity contribution in [2.75, 3.05) is 0 Å². The van der Waals surface area contributed by atoms with E-state index in [4.69, 9.17) is 17.7 Å².